The van der Waals surface area contributed by atoms with E-state index in [1.807, 2.05) is 41.3 Å². The van der Waals surface area contributed by atoms with Gasteiger partial charge in [0, 0.05) is 45.2 Å². The van der Waals surface area contributed by atoms with Gasteiger partial charge in [0.05, 0.1) is 12.7 Å². The third kappa shape index (κ3) is 4.36. The number of hydrogen-bond donors (Lipinski definition) is 1. The molecule has 24 heavy (non-hydrogen) atoms. The lowest BCUT2D eigenvalue weighted by Gasteiger charge is -2.37. The van der Waals surface area contributed by atoms with E-state index in [1.165, 1.54) is 0 Å². The van der Waals surface area contributed by atoms with E-state index in [1.54, 1.807) is 0 Å². The van der Waals surface area contributed by atoms with Crippen molar-refractivity contribution in [2.75, 3.05) is 39.3 Å². The first-order chi connectivity index (χ1) is 11.8. The van der Waals surface area contributed by atoms with Crippen molar-refractivity contribution in [1.29, 1.82) is 0 Å². The number of fused-ring (bicyclic) bond motifs is 1. The fourth-order valence-corrected chi connectivity index (χ4v) is 3.54. The molecule has 1 aromatic carbocycles. The molecule has 0 bridgehead atoms. The number of piperidine rings is 1. The first kappa shape index (κ1) is 17.0. The lowest BCUT2D eigenvalue weighted by Crippen LogP contribution is -2.51. The van der Waals surface area contributed by atoms with Gasteiger partial charge in [-0.1, -0.05) is 36.4 Å². The minimum Gasteiger partial charge on any atom is -0.375 e. The molecule has 5 heteroatoms. The Kier molecular flexibility index (Phi) is 5.88. The molecule has 1 N–H and O–H groups in total. The number of amides is 2. The Hall–Kier alpha value is -1.85. The topological polar surface area (TPSA) is 44.8 Å². The molecule has 2 saturated heterocycles. The van der Waals surface area contributed by atoms with E-state index in [0.717, 1.165) is 44.8 Å². The van der Waals surface area contributed by atoms with Crippen molar-refractivity contribution in [3.05, 3.63) is 48.6 Å². The molecule has 1 aromatic rings. The standard InChI is InChI=1S/C19H27N3O2/c1-2-9-21-11-12-24-18-15-22(10-8-17(18)14-21)19(23)20-13-16-6-4-3-5-7-16/h2-7,17-18H,1,8-15H2,(H,20,23)/t17-,18-/m0/s1. The predicted octanol–water partition coefficient (Wildman–Crippen LogP) is 2.10. The number of ether oxygens (including phenoxy) is 1. The van der Waals surface area contributed by atoms with E-state index in [-0.39, 0.29) is 12.1 Å². The Morgan fingerprint density at radius 3 is 2.92 bits per heavy atom. The second-order valence-corrected chi connectivity index (χ2v) is 6.60. The lowest BCUT2D eigenvalue weighted by molar-refractivity contribution is -0.0111. The monoisotopic (exact) mass is 329 g/mol. The highest BCUT2D eigenvalue weighted by Crippen LogP contribution is 2.24. The summed E-state index contributed by atoms with van der Waals surface area (Å²) < 4.78 is 6.03. The van der Waals surface area contributed by atoms with Gasteiger partial charge >= 0.3 is 6.03 Å². The summed E-state index contributed by atoms with van der Waals surface area (Å²) in [5.74, 6) is 0.505. The van der Waals surface area contributed by atoms with E-state index >= 15 is 0 Å². The van der Waals surface area contributed by atoms with Gasteiger partial charge < -0.3 is 15.0 Å². The van der Waals surface area contributed by atoms with Gasteiger partial charge in [0.1, 0.15) is 0 Å². The van der Waals surface area contributed by atoms with Crippen molar-refractivity contribution in [2.24, 2.45) is 5.92 Å². The number of likely N-dealkylation sites (tertiary alicyclic amines) is 1. The highest BCUT2D eigenvalue weighted by Gasteiger charge is 2.34. The van der Waals surface area contributed by atoms with Gasteiger partial charge in [0.25, 0.3) is 0 Å². The zero-order valence-electron chi connectivity index (χ0n) is 14.2. The number of nitrogens with zero attached hydrogens (tertiary/aromatic N) is 2. The summed E-state index contributed by atoms with van der Waals surface area (Å²) >= 11 is 0. The van der Waals surface area contributed by atoms with Crippen molar-refractivity contribution in [1.82, 2.24) is 15.1 Å². The summed E-state index contributed by atoms with van der Waals surface area (Å²) in [6.07, 6.45) is 3.10. The molecule has 3 rings (SSSR count). The summed E-state index contributed by atoms with van der Waals surface area (Å²) in [5, 5.41) is 3.02. The zero-order valence-corrected chi connectivity index (χ0v) is 14.2. The van der Waals surface area contributed by atoms with E-state index in [4.69, 9.17) is 4.74 Å². The van der Waals surface area contributed by atoms with Gasteiger partial charge in [-0.05, 0) is 12.0 Å². The van der Waals surface area contributed by atoms with Crippen LogP contribution in [0.1, 0.15) is 12.0 Å². The van der Waals surface area contributed by atoms with Crippen molar-refractivity contribution in [2.45, 2.75) is 19.1 Å². The molecule has 0 radical (unpaired) electrons. The molecule has 2 amide bonds. The van der Waals surface area contributed by atoms with Crippen LogP contribution in [0.4, 0.5) is 4.79 Å². The molecule has 2 aliphatic rings. The molecule has 2 heterocycles. The number of urea groups is 1. The zero-order chi connectivity index (χ0) is 16.8. The molecule has 0 saturated carbocycles. The van der Waals surface area contributed by atoms with Crippen molar-refractivity contribution in [3.63, 3.8) is 0 Å². The average molecular weight is 329 g/mol. The Morgan fingerprint density at radius 2 is 2.12 bits per heavy atom. The number of carbonyl (C=O) groups is 1. The number of carbonyl (C=O) groups excluding carboxylic acids is 1. The van der Waals surface area contributed by atoms with Crippen LogP contribution in [0.15, 0.2) is 43.0 Å². The Labute approximate surface area is 144 Å². The van der Waals surface area contributed by atoms with Crippen molar-refractivity contribution < 1.29 is 9.53 Å². The molecule has 2 atom stereocenters. The normalized spacial score (nSPS) is 24.8. The number of nitrogens with one attached hydrogen (secondary N) is 1. The smallest absolute Gasteiger partial charge is 0.317 e. The summed E-state index contributed by atoms with van der Waals surface area (Å²) in [4.78, 5) is 16.7. The van der Waals surface area contributed by atoms with Crippen LogP contribution in [0.25, 0.3) is 0 Å². The minimum atomic E-state index is 0.00750. The quantitative estimate of drug-likeness (QED) is 0.861. The number of benzene rings is 1. The van der Waals surface area contributed by atoms with Crippen LogP contribution in [0.5, 0.6) is 0 Å². The fraction of sp³-hybridized carbons (Fsp3) is 0.526. The van der Waals surface area contributed by atoms with E-state index in [9.17, 15) is 4.79 Å². The Balaban J connectivity index is 1.51. The Morgan fingerprint density at radius 1 is 1.29 bits per heavy atom. The number of rotatable bonds is 4. The molecule has 0 unspecified atom stereocenters. The van der Waals surface area contributed by atoms with Crippen LogP contribution in [0, 0.1) is 5.92 Å². The van der Waals surface area contributed by atoms with Crippen molar-refractivity contribution in [3.8, 4) is 0 Å². The van der Waals surface area contributed by atoms with Gasteiger partial charge in [0.15, 0.2) is 0 Å². The highest BCUT2D eigenvalue weighted by atomic mass is 16.5. The third-order valence-corrected chi connectivity index (χ3v) is 4.89. The SMILES string of the molecule is C=CCN1CCO[C@H]2CN(C(=O)NCc3ccccc3)CC[C@H]2C1. The fourth-order valence-electron chi connectivity index (χ4n) is 3.54. The molecule has 130 valence electrons. The third-order valence-electron chi connectivity index (χ3n) is 4.89. The summed E-state index contributed by atoms with van der Waals surface area (Å²) in [6.45, 7) is 9.50. The maximum Gasteiger partial charge on any atom is 0.317 e. The first-order valence-electron chi connectivity index (χ1n) is 8.78. The van der Waals surface area contributed by atoms with Gasteiger partial charge in [-0.25, -0.2) is 4.79 Å². The lowest BCUT2D eigenvalue weighted by atomic mass is 9.93. The highest BCUT2D eigenvalue weighted by molar-refractivity contribution is 5.74. The molecule has 0 spiro atoms. The summed E-state index contributed by atoms with van der Waals surface area (Å²) in [6, 6.07) is 10.0. The molecule has 5 nitrogen and oxygen atoms in total. The largest absolute Gasteiger partial charge is 0.375 e. The molecule has 2 fully saturated rings. The van der Waals surface area contributed by atoms with Gasteiger partial charge in [-0.2, -0.15) is 0 Å². The van der Waals surface area contributed by atoms with Crippen LogP contribution in [0.3, 0.4) is 0 Å². The van der Waals surface area contributed by atoms with Crippen LogP contribution in [0.2, 0.25) is 0 Å². The molecule has 0 aromatic heterocycles. The molecular formula is C19H27N3O2. The van der Waals surface area contributed by atoms with E-state index in [2.05, 4.69) is 16.8 Å². The first-order valence-corrected chi connectivity index (χ1v) is 8.78. The molecule has 2 aliphatic heterocycles. The Bertz CT molecular complexity index is 549. The summed E-state index contributed by atoms with van der Waals surface area (Å²) in [5.41, 5.74) is 1.12. The van der Waals surface area contributed by atoms with Gasteiger partial charge in [-0.15, -0.1) is 6.58 Å². The van der Waals surface area contributed by atoms with Gasteiger partial charge in [0.2, 0.25) is 0 Å². The summed E-state index contributed by atoms with van der Waals surface area (Å²) in [7, 11) is 0. The second kappa shape index (κ2) is 8.31. The maximum absolute atomic E-state index is 12.4. The second-order valence-electron chi connectivity index (χ2n) is 6.60. The van der Waals surface area contributed by atoms with Gasteiger partial charge in [-0.3, -0.25) is 4.90 Å². The van der Waals surface area contributed by atoms with Crippen molar-refractivity contribution >= 4 is 6.03 Å². The van der Waals surface area contributed by atoms with E-state index in [0.29, 0.717) is 19.0 Å². The predicted molar refractivity (Wildman–Crippen MR) is 94.7 cm³/mol. The van der Waals surface area contributed by atoms with Crippen LogP contribution in [-0.4, -0.2) is 61.3 Å². The number of hydrogen-bond acceptors (Lipinski definition) is 3. The van der Waals surface area contributed by atoms with E-state index < -0.39 is 0 Å². The maximum atomic E-state index is 12.4. The van der Waals surface area contributed by atoms with Crippen LogP contribution >= 0.6 is 0 Å². The van der Waals surface area contributed by atoms with Crippen LogP contribution in [-0.2, 0) is 11.3 Å². The molecule has 0 aliphatic carbocycles. The van der Waals surface area contributed by atoms with Crippen LogP contribution < -0.4 is 5.32 Å². The average Bonchev–Trinajstić information content (AvgIpc) is 2.82. The minimum absolute atomic E-state index is 0.00750. The molecular weight excluding hydrogens is 302 g/mol.